The first-order chi connectivity index (χ1) is 29.6. The van der Waals surface area contributed by atoms with E-state index in [4.69, 9.17) is 15.0 Å². The molecule has 10 rings (SSSR count). The maximum atomic E-state index is 15.0. The molecular formula is C55H38N3OP. The second kappa shape index (κ2) is 16.0. The van der Waals surface area contributed by atoms with Crippen LogP contribution in [-0.2, 0) is 4.57 Å². The van der Waals surface area contributed by atoms with Gasteiger partial charge >= 0.3 is 0 Å². The van der Waals surface area contributed by atoms with Crippen molar-refractivity contribution in [1.29, 1.82) is 0 Å². The molecule has 10 aromatic rings. The maximum absolute atomic E-state index is 15.0. The number of aromatic nitrogens is 3. The fourth-order valence-corrected chi connectivity index (χ4v) is 10.6. The Labute approximate surface area is 350 Å². The zero-order valence-corrected chi connectivity index (χ0v) is 33.5. The number of nitrogens with zero attached hydrogens (tertiary/aromatic N) is 3. The molecule has 4 nitrogen and oxygen atoms in total. The molecule has 0 unspecified atom stereocenters. The molecule has 9 aromatic carbocycles. The van der Waals surface area contributed by atoms with Crippen molar-refractivity contribution in [3.63, 3.8) is 0 Å². The van der Waals surface area contributed by atoms with Crippen LogP contribution in [0.5, 0.6) is 0 Å². The summed E-state index contributed by atoms with van der Waals surface area (Å²) in [5.74, 6) is 1.87. The van der Waals surface area contributed by atoms with Crippen LogP contribution in [-0.4, -0.2) is 15.0 Å². The summed E-state index contributed by atoms with van der Waals surface area (Å²) in [4.78, 5) is 14.9. The van der Waals surface area contributed by atoms with E-state index in [1.165, 1.54) is 0 Å². The van der Waals surface area contributed by atoms with Gasteiger partial charge in [0.15, 0.2) is 24.6 Å². The molecule has 1 heterocycles. The van der Waals surface area contributed by atoms with E-state index in [0.717, 1.165) is 76.8 Å². The van der Waals surface area contributed by atoms with Crippen molar-refractivity contribution in [2.24, 2.45) is 0 Å². The van der Waals surface area contributed by atoms with Crippen LogP contribution in [0.1, 0.15) is 0 Å². The van der Waals surface area contributed by atoms with Crippen LogP contribution < -0.4 is 15.9 Å². The third kappa shape index (κ3) is 7.04. The monoisotopic (exact) mass is 787 g/mol. The van der Waals surface area contributed by atoms with Crippen LogP contribution >= 0.6 is 7.14 Å². The van der Waals surface area contributed by atoms with Gasteiger partial charge in [0.05, 0.1) is 0 Å². The summed E-state index contributed by atoms with van der Waals surface area (Å²) in [6, 6.07) is 78.2. The van der Waals surface area contributed by atoms with Crippen molar-refractivity contribution in [3.05, 3.63) is 231 Å². The Morgan fingerprint density at radius 3 is 0.967 bits per heavy atom. The van der Waals surface area contributed by atoms with E-state index >= 15 is 4.57 Å². The fourth-order valence-electron chi connectivity index (χ4n) is 7.97. The lowest BCUT2D eigenvalue weighted by Gasteiger charge is -2.20. The lowest BCUT2D eigenvalue weighted by molar-refractivity contribution is 0.592. The highest BCUT2D eigenvalue weighted by Crippen LogP contribution is 2.43. The van der Waals surface area contributed by atoms with Crippen molar-refractivity contribution in [2.75, 3.05) is 0 Å². The van der Waals surface area contributed by atoms with Gasteiger partial charge in [0, 0.05) is 32.6 Å². The Hall–Kier alpha value is -7.52. The number of benzene rings is 9. The normalized spacial score (nSPS) is 11.4. The molecule has 0 radical (unpaired) electrons. The van der Waals surface area contributed by atoms with E-state index in [1.807, 2.05) is 109 Å². The fraction of sp³-hybridized carbons (Fsp3) is 0. The second-order valence-electron chi connectivity index (χ2n) is 14.7. The van der Waals surface area contributed by atoms with Gasteiger partial charge in [-0.2, -0.15) is 0 Å². The summed E-state index contributed by atoms with van der Waals surface area (Å²) < 4.78 is 15.0. The number of hydrogen-bond acceptors (Lipinski definition) is 4. The summed E-state index contributed by atoms with van der Waals surface area (Å²) in [7, 11) is -3.07. The van der Waals surface area contributed by atoms with E-state index < -0.39 is 7.14 Å². The average Bonchev–Trinajstić information content (AvgIpc) is 3.34. The molecule has 1 aromatic heterocycles. The lowest BCUT2D eigenvalue weighted by Crippen LogP contribution is -2.24. The average molecular weight is 788 g/mol. The Balaban J connectivity index is 0.985. The molecule has 60 heavy (non-hydrogen) atoms. The number of rotatable bonds is 9. The molecular weight excluding hydrogens is 750 g/mol. The molecule has 0 bridgehead atoms. The SMILES string of the molecule is O=P(c1ccccc1)(c1ccccc1)c1ccc(-c2ccc(-c3ccc(-c4nc(-c5ccccc5)nc(-c5ccc(-c6ccccc6)cc5)n4)cc3)c3ccccc23)cc1. The zero-order valence-electron chi connectivity index (χ0n) is 32.6. The molecule has 0 fully saturated rings. The summed E-state index contributed by atoms with van der Waals surface area (Å²) in [6.07, 6.45) is 0. The summed E-state index contributed by atoms with van der Waals surface area (Å²) in [5.41, 5.74) is 9.49. The molecule has 284 valence electrons. The molecule has 0 aliphatic rings. The van der Waals surface area contributed by atoms with Crippen molar-refractivity contribution in [1.82, 2.24) is 15.0 Å². The van der Waals surface area contributed by atoms with E-state index in [-0.39, 0.29) is 0 Å². The molecule has 0 aliphatic carbocycles. The van der Waals surface area contributed by atoms with E-state index in [2.05, 4.69) is 121 Å². The maximum Gasteiger partial charge on any atom is 0.171 e. The smallest absolute Gasteiger partial charge is 0.171 e. The van der Waals surface area contributed by atoms with Gasteiger partial charge in [-0.05, 0) is 44.2 Å². The minimum Gasteiger partial charge on any atom is -0.309 e. The Bertz CT molecular complexity index is 3080. The zero-order chi connectivity index (χ0) is 40.3. The minimum absolute atomic E-state index is 0.616. The van der Waals surface area contributed by atoms with Crippen LogP contribution in [0.15, 0.2) is 231 Å². The van der Waals surface area contributed by atoms with E-state index in [1.54, 1.807) is 0 Å². The van der Waals surface area contributed by atoms with Gasteiger partial charge in [-0.3, -0.25) is 0 Å². The largest absolute Gasteiger partial charge is 0.309 e. The first-order valence-corrected chi connectivity index (χ1v) is 21.7. The second-order valence-corrected chi connectivity index (χ2v) is 17.5. The van der Waals surface area contributed by atoms with Gasteiger partial charge in [-0.25, -0.2) is 15.0 Å². The summed E-state index contributed by atoms with van der Waals surface area (Å²) in [6.45, 7) is 0. The van der Waals surface area contributed by atoms with Gasteiger partial charge in [-0.1, -0.05) is 231 Å². The quantitative estimate of drug-likeness (QED) is 0.137. The highest BCUT2D eigenvalue weighted by molar-refractivity contribution is 7.85. The molecule has 0 saturated heterocycles. The van der Waals surface area contributed by atoms with Crippen LogP contribution in [0.4, 0.5) is 0 Å². The predicted molar refractivity (Wildman–Crippen MR) is 249 cm³/mol. The first-order valence-electron chi connectivity index (χ1n) is 20.0. The van der Waals surface area contributed by atoms with Gasteiger partial charge < -0.3 is 4.57 Å². The highest BCUT2D eigenvalue weighted by Gasteiger charge is 2.29. The standard InChI is InChI=1S/C55H38N3OP/c59-60(46-19-9-3-10-20-46,47-21-11-4-12-22-47)48-35-33-42(34-36-48)50-38-37-49(51-23-13-14-24-52(50)51)41-27-31-45(32-28-41)55-57-53(43-17-7-2-8-18-43)56-54(58-55)44-29-25-40(26-30-44)39-15-5-1-6-16-39/h1-38H. The third-order valence-corrected chi connectivity index (χ3v) is 14.2. The van der Waals surface area contributed by atoms with Gasteiger partial charge in [0.1, 0.15) is 0 Å². The van der Waals surface area contributed by atoms with Gasteiger partial charge in [0.2, 0.25) is 0 Å². The van der Waals surface area contributed by atoms with Gasteiger partial charge in [-0.15, -0.1) is 0 Å². The van der Waals surface area contributed by atoms with Crippen molar-refractivity contribution >= 4 is 33.8 Å². The molecule has 0 amide bonds. The summed E-state index contributed by atoms with van der Waals surface area (Å²) in [5, 5.41) is 4.76. The molecule has 5 heteroatoms. The predicted octanol–water partition coefficient (Wildman–Crippen LogP) is 12.7. The van der Waals surface area contributed by atoms with Crippen LogP contribution in [0.25, 0.3) is 78.3 Å². The van der Waals surface area contributed by atoms with E-state index in [9.17, 15) is 0 Å². The minimum atomic E-state index is -3.07. The first kappa shape index (κ1) is 36.8. The van der Waals surface area contributed by atoms with E-state index in [0.29, 0.717) is 17.5 Å². The Kier molecular flexibility index (Phi) is 9.83. The molecule has 0 N–H and O–H groups in total. The van der Waals surface area contributed by atoms with Crippen LogP contribution in [0.3, 0.4) is 0 Å². The number of hydrogen-bond donors (Lipinski definition) is 0. The van der Waals surface area contributed by atoms with Crippen molar-refractivity contribution in [2.45, 2.75) is 0 Å². The van der Waals surface area contributed by atoms with Gasteiger partial charge in [0.25, 0.3) is 0 Å². The number of fused-ring (bicyclic) bond motifs is 1. The third-order valence-electron chi connectivity index (χ3n) is 11.1. The van der Waals surface area contributed by atoms with Crippen LogP contribution in [0.2, 0.25) is 0 Å². The van der Waals surface area contributed by atoms with Crippen LogP contribution in [0, 0.1) is 0 Å². The highest BCUT2D eigenvalue weighted by atomic mass is 31.2. The summed E-state index contributed by atoms with van der Waals surface area (Å²) >= 11 is 0. The lowest BCUT2D eigenvalue weighted by atomic mass is 9.92. The van der Waals surface area contributed by atoms with Crippen molar-refractivity contribution in [3.8, 4) is 67.5 Å². The van der Waals surface area contributed by atoms with Crippen molar-refractivity contribution < 1.29 is 4.57 Å². The Morgan fingerprint density at radius 1 is 0.250 bits per heavy atom. The Morgan fingerprint density at radius 2 is 0.533 bits per heavy atom. The topological polar surface area (TPSA) is 55.7 Å². The molecule has 0 spiro atoms. The molecule has 0 aliphatic heterocycles. The molecule has 0 atom stereocenters. The molecule has 0 saturated carbocycles.